The van der Waals surface area contributed by atoms with Crippen LogP contribution in [0.1, 0.15) is 36.7 Å². The molecule has 0 spiro atoms. The SMILES string of the molecule is OC(COCc1ccccc1)CN1CCCCC1c1ncn[nH]1. The fourth-order valence-electron chi connectivity index (χ4n) is 3.11. The number of likely N-dealkylation sites (tertiary alicyclic amines) is 1. The van der Waals surface area contributed by atoms with Crippen molar-refractivity contribution in [2.45, 2.75) is 38.0 Å². The lowest BCUT2D eigenvalue weighted by atomic mass is 10.0. The molecule has 2 aromatic rings. The van der Waals surface area contributed by atoms with Gasteiger partial charge in [0.1, 0.15) is 12.2 Å². The fraction of sp³-hybridized carbons (Fsp3) is 0.529. The van der Waals surface area contributed by atoms with Crippen molar-refractivity contribution >= 4 is 0 Å². The van der Waals surface area contributed by atoms with Gasteiger partial charge in [-0.25, -0.2) is 4.98 Å². The maximum atomic E-state index is 10.3. The number of aliphatic hydroxyl groups is 1. The van der Waals surface area contributed by atoms with Crippen LogP contribution in [0.4, 0.5) is 0 Å². The summed E-state index contributed by atoms with van der Waals surface area (Å²) in [7, 11) is 0. The van der Waals surface area contributed by atoms with Gasteiger partial charge in [-0.2, -0.15) is 5.10 Å². The molecule has 1 aliphatic heterocycles. The third kappa shape index (κ3) is 4.60. The summed E-state index contributed by atoms with van der Waals surface area (Å²) in [6.07, 6.45) is 4.43. The number of aromatic amines is 1. The Bertz CT molecular complexity index is 561. The lowest BCUT2D eigenvalue weighted by molar-refractivity contribution is -0.00466. The Balaban J connectivity index is 1.47. The Kier molecular flexibility index (Phi) is 5.74. The topological polar surface area (TPSA) is 74.3 Å². The van der Waals surface area contributed by atoms with Crippen LogP contribution >= 0.6 is 0 Å². The number of H-pyrrole nitrogens is 1. The minimum atomic E-state index is -0.498. The van der Waals surface area contributed by atoms with Crippen LogP contribution in [0.3, 0.4) is 0 Å². The minimum absolute atomic E-state index is 0.218. The van der Waals surface area contributed by atoms with Gasteiger partial charge in [0.05, 0.1) is 25.4 Å². The first-order valence-corrected chi connectivity index (χ1v) is 8.22. The molecule has 0 bridgehead atoms. The van der Waals surface area contributed by atoms with Crippen molar-refractivity contribution in [3.8, 4) is 0 Å². The van der Waals surface area contributed by atoms with Crippen LogP contribution in [-0.4, -0.2) is 51.0 Å². The molecule has 0 radical (unpaired) electrons. The number of hydrogen-bond acceptors (Lipinski definition) is 5. The summed E-state index contributed by atoms with van der Waals surface area (Å²) in [6, 6.07) is 10.2. The van der Waals surface area contributed by atoms with E-state index in [0.717, 1.165) is 30.8 Å². The summed E-state index contributed by atoms with van der Waals surface area (Å²) in [6.45, 7) is 2.44. The van der Waals surface area contributed by atoms with E-state index in [0.29, 0.717) is 19.8 Å². The fourth-order valence-corrected chi connectivity index (χ4v) is 3.11. The number of nitrogens with one attached hydrogen (secondary N) is 1. The van der Waals surface area contributed by atoms with Gasteiger partial charge in [-0.1, -0.05) is 36.8 Å². The van der Waals surface area contributed by atoms with E-state index in [9.17, 15) is 5.11 Å². The first-order chi connectivity index (χ1) is 11.3. The highest BCUT2D eigenvalue weighted by atomic mass is 16.5. The lowest BCUT2D eigenvalue weighted by Gasteiger charge is -2.35. The molecule has 1 aromatic heterocycles. The minimum Gasteiger partial charge on any atom is -0.389 e. The van der Waals surface area contributed by atoms with Crippen LogP contribution in [0.25, 0.3) is 0 Å². The Morgan fingerprint density at radius 2 is 2.17 bits per heavy atom. The molecule has 6 nitrogen and oxygen atoms in total. The van der Waals surface area contributed by atoms with E-state index < -0.39 is 6.10 Å². The van der Waals surface area contributed by atoms with Crippen LogP contribution in [0.2, 0.25) is 0 Å². The molecule has 2 atom stereocenters. The Hall–Kier alpha value is -1.76. The maximum absolute atomic E-state index is 10.3. The molecule has 0 saturated carbocycles. The highest BCUT2D eigenvalue weighted by Crippen LogP contribution is 2.28. The molecule has 6 heteroatoms. The standard InChI is InChI=1S/C17H24N4O2/c22-15(12-23-11-14-6-2-1-3-7-14)10-21-9-5-4-8-16(21)17-18-13-19-20-17/h1-3,6-7,13,15-16,22H,4-5,8-12H2,(H,18,19,20). The van der Waals surface area contributed by atoms with Crippen molar-refractivity contribution < 1.29 is 9.84 Å². The van der Waals surface area contributed by atoms with Crippen molar-refractivity contribution in [1.29, 1.82) is 0 Å². The largest absolute Gasteiger partial charge is 0.389 e. The molecule has 1 fully saturated rings. The van der Waals surface area contributed by atoms with E-state index in [1.807, 2.05) is 30.3 Å². The zero-order valence-corrected chi connectivity index (χ0v) is 13.3. The molecular formula is C17H24N4O2. The number of nitrogens with zero attached hydrogens (tertiary/aromatic N) is 3. The molecule has 0 amide bonds. The van der Waals surface area contributed by atoms with Gasteiger partial charge in [0.2, 0.25) is 0 Å². The molecule has 1 saturated heterocycles. The van der Waals surface area contributed by atoms with Gasteiger partial charge in [-0.15, -0.1) is 0 Å². The van der Waals surface area contributed by atoms with Gasteiger partial charge in [-0.05, 0) is 24.9 Å². The molecule has 2 heterocycles. The van der Waals surface area contributed by atoms with E-state index in [1.165, 1.54) is 6.42 Å². The average molecular weight is 316 g/mol. The molecule has 3 rings (SSSR count). The van der Waals surface area contributed by atoms with Crippen molar-refractivity contribution in [3.63, 3.8) is 0 Å². The summed E-state index contributed by atoms with van der Waals surface area (Å²) in [4.78, 5) is 6.56. The third-order valence-electron chi connectivity index (χ3n) is 4.23. The Morgan fingerprint density at radius 3 is 2.96 bits per heavy atom. The molecule has 23 heavy (non-hydrogen) atoms. The number of rotatable bonds is 7. The molecule has 1 aliphatic rings. The number of ether oxygens (including phenoxy) is 1. The van der Waals surface area contributed by atoms with Crippen molar-refractivity contribution in [2.75, 3.05) is 19.7 Å². The van der Waals surface area contributed by atoms with Crippen LogP contribution < -0.4 is 0 Å². The summed E-state index contributed by atoms with van der Waals surface area (Å²) in [5.41, 5.74) is 1.12. The zero-order valence-electron chi connectivity index (χ0n) is 13.3. The predicted octanol–water partition coefficient (Wildman–Crippen LogP) is 1.91. The normalized spacial score (nSPS) is 20.5. The van der Waals surface area contributed by atoms with Gasteiger partial charge >= 0.3 is 0 Å². The molecule has 2 unspecified atom stereocenters. The van der Waals surface area contributed by atoms with Gasteiger partial charge in [-0.3, -0.25) is 10.00 Å². The van der Waals surface area contributed by atoms with Crippen LogP contribution in [0.15, 0.2) is 36.7 Å². The second kappa shape index (κ2) is 8.19. The number of aromatic nitrogens is 3. The van der Waals surface area contributed by atoms with E-state index in [4.69, 9.17) is 4.74 Å². The van der Waals surface area contributed by atoms with E-state index >= 15 is 0 Å². The predicted molar refractivity (Wildman–Crippen MR) is 86.7 cm³/mol. The highest BCUT2D eigenvalue weighted by molar-refractivity contribution is 5.13. The van der Waals surface area contributed by atoms with Crippen LogP contribution in [0, 0.1) is 0 Å². The van der Waals surface area contributed by atoms with Gasteiger partial charge in [0, 0.05) is 6.54 Å². The third-order valence-corrected chi connectivity index (χ3v) is 4.23. The Morgan fingerprint density at radius 1 is 1.30 bits per heavy atom. The second-order valence-electron chi connectivity index (χ2n) is 6.03. The van der Waals surface area contributed by atoms with Gasteiger partial charge in [0.25, 0.3) is 0 Å². The van der Waals surface area contributed by atoms with Crippen LogP contribution in [0.5, 0.6) is 0 Å². The second-order valence-corrected chi connectivity index (χ2v) is 6.03. The van der Waals surface area contributed by atoms with Crippen molar-refractivity contribution in [3.05, 3.63) is 48.0 Å². The molecule has 1 aromatic carbocycles. The smallest absolute Gasteiger partial charge is 0.141 e. The summed E-state index contributed by atoms with van der Waals surface area (Å²) in [5.74, 6) is 0.891. The highest BCUT2D eigenvalue weighted by Gasteiger charge is 2.27. The zero-order chi connectivity index (χ0) is 15.9. The van der Waals surface area contributed by atoms with Crippen molar-refractivity contribution in [2.24, 2.45) is 0 Å². The molecular weight excluding hydrogens is 292 g/mol. The Labute approximate surface area is 136 Å². The quantitative estimate of drug-likeness (QED) is 0.816. The van der Waals surface area contributed by atoms with E-state index in [2.05, 4.69) is 20.1 Å². The van der Waals surface area contributed by atoms with E-state index in [1.54, 1.807) is 6.33 Å². The number of hydrogen-bond donors (Lipinski definition) is 2. The molecule has 0 aliphatic carbocycles. The number of piperidine rings is 1. The lowest BCUT2D eigenvalue weighted by Crippen LogP contribution is -2.40. The molecule has 124 valence electrons. The van der Waals surface area contributed by atoms with Crippen LogP contribution in [-0.2, 0) is 11.3 Å². The monoisotopic (exact) mass is 316 g/mol. The van der Waals surface area contributed by atoms with Gasteiger partial charge in [0.15, 0.2) is 0 Å². The van der Waals surface area contributed by atoms with Gasteiger partial charge < -0.3 is 9.84 Å². The number of aliphatic hydroxyl groups excluding tert-OH is 1. The average Bonchev–Trinajstić information content (AvgIpc) is 3.11. The maximum Gasteiger partial charge on any atom is 0.141 e. The van der Waals surface area contributed by atoms with E-state index in [-0.39, 0.29) is 6.04 Å². The molecule has 2 N–H and O–H groups in total. The first kappa shape index (κ1) is 16.1. The first-order valence-electron chi connectivity index (χ1n) is 8.22. The van der Waals surface area contributed by atoms with Crippen molar-refractivity contribution in [1.82, 2.24) is 20.1 Å². The summed E-state index contributed by atoms with van der Waals surface area (Å²) < 4.78 is 5.64. The summed E-state index contributed by atoms with van der Waals surface area (Å²) >= 11 is 0. The number of β-amino-alcohol motifs (C(OH)–C–C–N with tert-alkyl or cyclic N) is 1. The summed E-state index contributed by atoms with van der Waals surface area (Å²) in [5, 5.41) is 17.2. The number of benzene rings is 1.